The van der Waals surface area contributed by atoms with Gasteiger partial charge in [0.2, 0.25) is 5.91 Å². The number of rotatable bonds is 3. The van der Waals surface area contributed by atoms with Gasteiger partial charge in [0.1, 0.15) is 12.4 Å². The predicted octanol–water partition coefficient (Wildman–Crippen LogP) is 1.39. The number of hydrogen-bond donors (Lipinski definition) is 2. The average Bonchev–Trinajstić information content (AvgIpc) is 2.38. The van der Waals surface area contributed by atoms with Gasteiger partial charge in [-0.2, -0.15) is 0 Å². The first-order valence-electron chi connectivity index (χ1n) is 6.58. The van der Waals surface area contributed by atoms with Gasteiger partial charge in [-0.25, -0.2) is 4.98 Å². The van der Waals surface area contributed by atoms with Crippen molar-refractivity contribution >= 4 is 17.3 Å². The molecule has 3 N–H and O–H groups in total. The van der Waals surface area contributed by atoms with Crippen LogP contribution >= 0.6 is 0 Å². The number of nitrogens with zero attached hydrogens (tertiary/aromatic N) is 2. The van der Waals surface area contributed by atoms with Crippen LogP contribution in [0.4, 0.5) is 11.4 Å². The highest BCUT2D eigenvalue weighted by Gasteiger charge is 2.09. The fourth-order valence-corrected chi connectivity index (χ4v) is 2.02. The molecule has 1 amide bonds. The van der Waals surface area contributed by atoms with E-state index in [2.05, 4.69) is 10.3 Å². The summed E-state index contributed by atoms with van der Waals surface area (Å²) in [5.74, 6) is 0.215. The predicted molar refractivity (Wildman–Crippen MR) is 82.2 cm³/mol. The van der Waals surface area contributed by atoms with E-state index < -0.39 is 0 Å². The number of amides is 1. The van der Waals surface area contributed by atoms with Crippen molar-refractivity contribution in [3.8, 4) is 0 Å². The molecule has 110 valence electrons. The van der Waals surface area contributed by atoms with Crippen molar-refractivity contribution in [3.63, 3.8) is 0 Å². The maximum absolute atomic E-state index is 12.0. The van der Waals surface area contributed by atoms with E-state index in [1.54, 1.807) is 26.0 Å². The van der Waals surface area contributed by atoms with Crippen LogP contribution in [0, 0.1) is 20.8 Å². The van der Waals surface area contributed by atoms with Crippen LogP contribution in [-0.4, -0.2) is 15.5 Å². The highest BCUT2D eigenvalue weighted by Crippen LogP contribution is 2.16. The summed E-state index contributed by atoms with van der Waals surface area (Å²) in [6.07, 6.45) is 0. The molecule has 6 heteroatoms. The molecule has 1 aromatic carbocycles. The monoisotopic (exact) mass is 286 g/mol. The fourth-order valence-electron chi connectivity index (χ4n) is 2.02. The molecule has 0 spiro atoms. The third-order valence-corrected chi connectivity index (χ3v) is 3.19. The second kappa shape index (κ2) is 5.78. The van der Waals surface area contributed by atoms with Crippen LogP contribution in [0.3, 0.4) is 0 Å². The van der Waals surface area contributed by atoms with Crippen molar-refractivity contribution in [2.75, 3.05) is 11.1 Å². The van der Waals surface area contributed by atoms with Crippen LogP contribution in [0.1, 0.15) is 17.1 Å². The van der Waals surface area contributed by atoms with E-state index in [9.17, 15) is 9.59 Å². The summed E-state index contributed by atoms with van der Waals surface area (Å²) < 4.78 is 1.33. The highest BCUT2D eigenvalue weighted by molar-refractivity contribution is 5.91. The SMILES string of the molecule is Cc1cc(=O)n(CC(=O)Nc2ccc(C)c(N)c2)c(C)n1. The normalized spacial score (nSPS) is 10.4. The van der Waals surface area contributed by atoms with Crippen molar-refractivity contribution in [3.05, 3.63) is 51.7 Å². The van der Waals surface area contributed by atoms with Crippen LogP contribution in [-0.2, 0) is 11.3 Å². The standard InChI is InChI=1S/C15H18N4O2/c1-9-4-5-12(7-13(9)16)18-14(20)8-19-11(3)17-10(2)6-15(19)21/h4-7H,8,16H2,1-3H3,(H,18,20). The number of aromatic nitrogens is 2. The van der Waals surface area contributed by atoms with Crippen LogP contribution in [0.5, 0.6) is 0 Å². The molecule has 0 unspecified atom stereocenters. The van der Waals surface area contributed by atoms with Gasteiger partial charge in [-0.15, -0.1) is 0 Å². The van der Waals surface area contributed by atoms with Crippen LogP contribution < -0.4 is 16.6 Å². The van der Waals surface area contributed by atoms with Gasteiger partial charge in [-0.1, -0.05) is 6.07 Å². The first kappa shape index (κ1) is 14.8. The molecule has 6 nitrogen and oxygen atoms in total. The van der Waals surface area contributed by atoms with Gasteiger partial charge in [0.25, 0.3) is 5.56 Å². The summed E-state index contributed by atoms with van der Waals surface area (Å²) in [4.78, 5) is 28.1. The number of carbonyl (C=O) groups is 1. The van der Waals surface area contributed by atoms with E-state index in [4.69, 9.17) is 5.73 Å². The lowest BCUT2D eigenvalue weighted by atomic mass is 10.2. The molecule has 0 atom stereocenters. The molecule has 2 aromatic rings. The molecular weight excluding hydrogens is 268 g/mol. The van der Waals surface area contributed by atoms with E-state index in [1.165, 1.54) is 10.6 Å². The first-order valence-corrected chi connectivity index (χ1v) is 6.58. The lowest BCUT2D eigenvalue weighted by Gasteiger charge is -2.11. The van der Waals surface area contributed by atoms with Crippen molar-refractivity contribution in [1.82, 2.24) is 9.55 Å². The number of hydrogen-bond acceptors (Lipinski definition) is 4. The summed E-state index contributed by atoms with van der Waals surface area (Å²) in [5.41, 5.74) is 8.36. The zero-order chi connectivity index (χ0) is 15.6. The van der Waals surface area contributed by atoms with Crippen molar-refractivity contribution in [1.29, 1.82) is 0 Å². The lowest BCUT2D eigenvalue weighted by molar-refractivity contribution is -0.116. The first-order chi connectivity index (χ1) is 9.86. The van der Waals surface area contributed by atoms with Crippen molar-refractivity contribution in [2.24, 2.45) is 0 Å². The van der Waals surface area contributed by atoms with Crippen molar-refractivity contribution in [2.45, 2.75) is 27.3 Å². The third-order valence-electron chi connectivity index (χ3n) is 3.19. The highest BCUT2D eigenvalue weighted by atomic mass is 16.2. The smallest absolute Gasteiger partial charge is 0.254 e. The Labute approximate surface area is 122 Å². The molecule has 1 heterocycles. The minimum absolute atomic E-state index is 0.0777. The number of carbonyl (C=O) groups excluding carboxylic acids is 1. The Balaban J connectivity index is 2.15. The Morgan fingerprint density at radius 1 is 1.29 bits per heavy atom. The number of aryl methyl sites for hydroxylation is 3. The van der Waals surface area contributed by atoms with E-state index in [1.807, 2.05) is 13.0 Å². The molecule has 0 aliphatic heterocycles. The van der Waals surface area contributed by atoms with Crippen LogP contribution in [0.15, 0.2) is 29.1 Å². The molecule has 0 fully saturated rings. The summed E-state index contributed by atoms with van der Waals surface area (Å²) in [6.45, 7) is 5.26. The topological polar surface area (TPSA) is 90.0 Å². The molecule has 2 rings (SSSR count). The largest absolute Gasteiger partial charge is 0.398 e. The van der Waals surface area contributed by atoms with Gasteiger partial charge in [0.05, 0.1) is 0 Å². The van der Waals surface area contributed by atoms with E-state index in [0.717, 1.165) is 5.56 Å². The quantitative estimate of drug-likeness (QED) is 0.834. The minimum Gasteiger partial charge on any atom is -0.398 e. The van der Waals surface area contributed by atoms with Gasteiger partial charge in [0.15, 0.2) is 0 Å². The maximum atomic E-state index is 12.0. The molecule has 1 aromatic heterocycles. The summed E-state index contributed by atoms with van der Waals surface area (Å²) in [6, 6.07) is 6.70. The molecule has 0 radical (unpaired) electrons. The van der Waals surface area contributed by atoms with Gasteiger partial charge < -0.3 is 11.1 Å². The fraction of sp³-hybridized carbons (Fsp3) is 0.267. The number of anilines is 2. The Bertz CT molecular complexity index is 750. The van der Waals surface area contributed by atoms with Gasteiger partial charge in [-0.3, -0.25) is 14.2 Å². The molecule has 0 saturated heterocycles. The Morgan fingerprint density at radius 3 is 2.62 bits per heavy atom. The number of nitrogens with one attached hydrogen (secondary N) is 1. The van der Waals surface area contributed by atoms with E-state index >= 15 is 0 Å². The zero-order valence-corrected chi connectivity index (χ0v) is 12.3. The third kappa shape index (κ3) is 3.47. The van der Waals surface area contributed by atoms with Crippen molar-refractivity contribution < 1.29 is 4.79 Å². The number of benzene rings is 1. The van der Waals surface area contributed by atoms with Crippen LogP contribution in [0.25, 0.3) is 0 Å². The van der Waals surface area contributed by atoms with Gasteiger partial charge in [0, 0.05) is 23.1 Å². The number of nitrogen functional groups attached to an aromatic ring is 1. The Morgan fingerprint density at radius 2 is 2.00 bits per heavy atom. The lowest BCUT2D eigenvalue weighted by Crippen LogP contribution is -2.30. The molecule has 0 bridgehead atoms. The number of nitrogens with two attached hydrogens (primary N) is 1. The minimum atomic E-state index is -0.297. The van der Waals surface area contributed by atoms with E-state index in [0.29, 0.717) is 22.9 Å². The molecule has 0 aliphatic carbocycles. The van der Waals surface area contributed by atoms with Gasteiger partial charge >= 0.3 is 0 Å². The summed E-state index contributed by atoms with van der Waals surface area (Å²) in [5, 5.41) is 2.72. The second-order valence-electron chi connectivity index (χ2n) is 4.99. The second-order valence-corrected chi connectivity index (χ2v) is 4.99. The zero-order valence-electron chi connectivity index (χ0n) is 12.3. The molecular formula is C15H18N4O2. The summed E-state index contributed by atoms with van der Waals surface area (Å²) in [7, 11) is 0. The Kier molecular flexibility index (Phi) is 4.07. The van der Waals surface area contributed by atoms with Crippen LogP contribution in [0.2, 0.25) is 0 Å². The molecule has 21 heavy (non-hydrogen) atoms. The molecule has 0 saturated carbocycles. The maximum Gasteiger partial charge on any atom is 0.254 e. The van der Waals surface area contributed by atoms with Gasteiger partial charge in [-0.05, 0) is 38.5 Å². The molecule has 0 aliphatic rings. The Hall–Kier alpha value is -2.63. The summed E-state index contributed by atoms with van der Waals surface area (Å²) >= 11 is 0. The van der Waals surface area contributed by atoms with E-state index in [-0.39, 0.29) is 18.0 Å². The average molecular weight is 286 g/mol.